The van der Waals surface area contributed by atoms with Crippen LogP contribution in [0.3, 0.4) is 0 Å². The van der Waals surface area contributed by atoms with Gasteiger partial charge in [-0.25, -0.2) is 9.07 Å². The summed E-state index contributed by atoms with van der Waals surface area (Å²) < 4.78 is 15.4. The Kier molecular flexibility index (Phi) is 2.63. The lowest BCUT2D eigenvalue weighted by Crippen LogP contribution is -1.99. The summed E-state index contributed by atoms with van der Waals surface area (Å²) in [6, 6.07) is 11.7. The Morgan fingerprint density at radius 1 is 1.21 bits per heavy atom. The van der Waals surface area contributed by atoms with E-state index >= 15 is 0 Å². The van der Waals surface area contributed by atoms with Crippen molar-refractivity contribution >= 4 is 17.2 Å². The Hall–Kier alpha value is -2.49. The number of aryl methyl sites for hydroxylation is 1. The number of nitrogens with zero attached hydrogens (tertiary/aromatic N) is 2. The third-order valence-corrected chi connectivity index (χ3v) is 3.11. The molecular formula is C15H11FN2O. The molecule has 0 spiro atoms. The van der Waals surface area contributed by atoms with Crippen LogP contribution in [0, 0.1) is 12.7 Å². The van der Waals surface area contributed by atoms with Gasteiger partial charge in [0.2, 0.25) is 0 Å². The smallest absolute Gasteiger partial charge is 0.150 e. The summed E-state index contributed by atoms with van der Waals surface area (Å²) in [6.07, 6.45) is 0.791. The molecule has 0 N–H and O–H groups in total. The van der Waals surface area contributed by atoms with Crippen molar-refractivity contribution in [3.05, 3.63) is 59.5 Å². The number of para-hydroxylation sites is 1. The van der Waals surface area contributed by atoms with Gasteiger partial charge in [-0.05, 0) is 37.3 Å². The lowest BCUT2D eigenvalue weighted by Gasteiger charge is -2.04. The van der Waals surface area contributed by atoms with E-state index in [9.17, 15) is 9.18 Å². The van der Waals surface area contributed by atoms with Crippen molar-refractivity contribution in [2.24, 2.45) is 0 Å². The topological polar surface area (TPSA) is 34.9 Å². The molecule has 0 amide bonds. The highest BCUT2D eigenvalue weighted by Crippen LogP contribution is 2.23. The minimum atomic E-state index is -0.327. The fourth-order valence-electron chi connectivity index (χ4n) is 2.17. The fraction of sp³-hybridized carbons (Fsp3) is 0.0667. The Bertz CT molecular complexity index is 777. The molecule has 19 heavy (non-hydrogen) atoms. The van der Waals surface area contributed by atoms with Gasteiger partial charge in [0.15, 0.2) is 0 Å². The first kappa shape index (κ1) is 11.6. The second-order valence-corrected chi connectivity index (χ2v) is 4.34. The van der Waals surface area contributed by atoms with Gasteiger partial charge in [-0.2, -0.15) is 5.10 Å². The van der Waals surface area contributed by atoms with Gasteiger partial charge in [-0.3, -0.25) is 4.79 Å². The van der Waals surface area contributed by atoms with Gasteiger partial charge >= 0.3 is 0 Å². The molecule has 0 bridgehead atoms. The van der Waals surface area contributed by atoms with E-state index in [4.69, 9.17) is 0 Å². The van der Waals surface area contributed by atoms with E-state index in [0.29, 0.717) is 11.3 Å². The maximum atomic E-state index is 13.8. The Morgan fingerprint density at radius 3 is 2.74 bits per heavy atom. The number of carbonyl (C=O) groups is 1. The first-order valence-corrected chi connectivity index (χ1v) is 5.90. The van der Waals surface area contributed by atoms with Gasteiger partial charge < -0.3 is 0 Å². The number of aldehydes is 1. The van der Waals surface area contributed by atoms with Gasteiger partial charge in [0.05, 0.1) is 11.2 Å². The molecule has 0 unspecified atom stereocenters. The van der Waals surface area contributed by atoms with Crippen LogP contribution in [0.4, 0.5) is 4.39 Å². The second kappa shape index (κ2) is 4.31. The normalized spacial score (nSPS) is 10.8. The van der Waals surface area contributed by atoms with Crippen molar-refractivity contribution < 1.29 is 9.18 Å². The van der Waals surface area contributed by atoms with E-state index in [1.165, 1.54) is 6.07 Å². The monoisotopic (exact) mass is 254 g/mol. The van der Waals surface area contributed by atoms with E-state index in [-0.39, 0.29) is 5.82 Å². The highest BCUT2D eigenvalue weighted by atomic mass is 19.1. The molecule has 0 aliphatic heterocycles. The van der Waals surface area contributed by atoms with Gasteiger partial charge in [0.25, 0.3) is 0 Å². The van der Waals surface area contributed by atoms with E-state index in [1.54, 1.807) is 41.1 Å². The SMILES string of the molecule is Cc1nn(-c2ccccc2F)c2ccc(C=O)cc12. The fourth-order valence-corrected chi connectivity index (χ4v) is 2.17. The molecular weight excluding hydrogens is 243 g/mol. The van der Waals surface area contributed by atoms with Gasteiger partial charge in [-0.15, -0.1) is 0 Å². The lowest BCUT2D eigenvalue weighted by atomic mass is 10.1. The number of rotatable bonds is 2. The van der Waals surface area contributed by atoms with Crippen LogP contribution in [-0.2, 0) is 0 Å². The highest BCUT2D eigenvalue weighted by molar-refractivity contribution is 5.89. The third-order valence-electron chi connectivity index (χ3n) is 3.11. The first-order valence-electron chi connectivity index (χ1n) is 5.90. The van der Waals surface area contributed by atoms with Crippen LogP contribution in [-0.4, -0.2) is 16.1 Å². The molecule has 1 aromatic heterocycles. The van der Waals surface area contributed by atoms with Crippen LogP contribution < -0.4 is 0 Å². The molecule has 2 aromatic carbocycles. The number of benzene rings is 2. The molecule has 0 atom stereocenters. The summed E-state index contributed by atoms with van der Waals surface area (Å²) in [7, 11) is 0. The number of carbonyl (C=O) groups excluding carboxylic acids is 1. The van der Waals surface area contributed by atoms with Gasteiger partial charge in [0.1, 0.15) is 17.8 Å². The van der Waals surface area contributed by atoms with Crippen LogP contribution in [0.25, 0.3) is 16.6 Å². The molecule has 0 radical (unpaired) electrons. The summed E-state index contributed by atoms with van der Waals surface area (Å²) >= 11 is 0. The van der Waals surface area contributed by atoms with Crippen molar-refractivity contribution in [2.45, 2.75) is 6.92 Å². The zero-order valence-electron chi connectivity index (χ0n) is 10.3. The van der Waals surface area contributed by atoms with Crippen molar-refractivity contribution in [1.29, 1.82) is 0 Å². The zero-order valence-corrected chi connectivity index (χ0v) is 10.3. The average Bonchev–Trinajstić information content (AvgIpc) is 2.76. The largest absolute Gasteiger partial charge is 0.298 e. The van der Waals surface area contributed by atoms with Crippen LogP contribution in [0.1, 0.15) is 16.1 Å². The number of fused-ring (bicyclic) bond motifs is 1. The predicted molar refractivity (Wildman–Crippen MR) is 71.2 cm³/mol. The lowest BCUT2D eigenvalue weighted by molar-refractivity contribution is 0.112. The number of hydrogen-bond donors (Lipinski definition) is 0. The molecule has 3 nitrogen and oxygen atoms in total. The van der Waals surface area contributed by atoms with Crippen LogP contribution in [0.2, 0.25) is 0 Å². The van der Waals surface area contributed by atoms with Crippen molar-refractivity contribution in [2.75, 3.05) is 0 Å². The van der Waals surface area contributed by atoms with Crippen molar-refractivity contribution in [3.63, 3.8) is 0 Å². The molecule has 4 heteroatoms. The van der Waals surface area contributed by atoms with Crippen LogP contribution in [0.5, 0.6) is 0 Å². The van der Waals surface area contributed by atoms with Crippen LogP contribution in [0.15, 0.2) is 42.5 Å². The molecule has 94 valence electrons. The van der Waals surface area contributed by atoms with Gasteiger partial charge in [-0.1, -0.05) is 12.1 Å². The number of halogens is 1. The summed E-state index contributed by atoms with van der Waals surface area (Å²) in [5, 5.41) is 5.21. The highest BCUT2D eigenvalue weighted by Gasteiger charge is 2.12. The molecule has 0 saturated carbocycles. The summed E-state index contributed by atoms with van der Waals surface area (Å²) in [6.45, 7) is 1.84. The third kappa shape index (κ3) is 1.81. The summed E-state index contributed by atoms with van der Waals surface area (Å²) in [5.74, 6) is -0.327. The standard InChI is InChI=1S/C15H11FN2O/c1-10-12-8-11(9-19)6-7-14(12)18(17-10)15-5-3-2-4-13(15)16/h2-9H,1H3. The summed E-state index contributed by atoms with van der Waals surface area (Å²) in [4.78, 5) is 10.8. The molecule has 3 aromatic rings. The zero-order chi connectivity index (χ0) is 13.4. The first-order chi connectivity index (χ1) is 9.20. The Labute approximate surface area is 109 Å². The average molecular weight is 254 g/mol. The minimum absolute atomic E-state index is 0.327. The van der Waals surface area contributed by atoms with Crippen LogP contribution >= 0.6 is 0 Å². The van der Waals surface area contributed by atoms with E-state index in [0.717, 1.165) is 22.9 Å². The molecule has 3 rings (SSSR count). The number of hydrogen-bond acceptors (Lipinski definition) is 2. The van der Waals surface area contributed by atoms with E-state index in [2.05, 4.69) is 5.10 Å². The second-order valence-electron chi connectivity index (χ2n) is 4.34. The maximum absolute atomic E-state index is 13.8. The quantitative estimate of drug-likeness (QED) is 0.658. The van der Waals surface area contributed by atoms with Crippen molar-refractivity contribution in [3.8, 4) is 5.69 Å². The molecule has 0 saturated heterocycles. The molecule has 1 heterocycles. The minimum Gasteiger partial charge on any atom is -0.298 e. The Morgan fingerprint density at radius 2 is 2.00 bits per heavy atom. The molecule has 0 aliphatic carbocycles. The van der Waals surface area contributed by atoms with Gasteiger partial charge in [0, 0.05) is 10.9 Å². The predicted octanol–water partition coefficient (Wildman–Crippen LogP) is 3.29. The van der Waals surface area contributed by atoms with Crippen molar-refractivity contribution in [1.82, 2.24) is 9.78 Å². The summed E-state index contributed by atoms with van der Waals surface area (Å²) in [5.41, 5.74) is 2.54. The molecule has 0 aliphatic rings. The Balaban J connectivity index is 2.32. The van der Waals surface area contributed by atoms with E-state index < -0.39 is 0 Å². The van der Waals surface area contributed by atoms with E-state index in [1.807, 2.05) is 6.92 Å². The molecule has 0 fully saturated rings. The number of aromatic nitrogens is 2. The maximum Gasteiger partial charge on any atom is 0.150 e.